The van der Waals surface area contributed by atoms with Gasteiger partial charge in [0.25, 0.3) is 0 Å². The average molecular weight is 347 g/mol. The molecular formula is C15H17N5O3S. The predicted molar refractivity (Wildman–Crippen MR) is 89.3 cm³/mol. The lowest BCUT2D eigenvalue weighted by Crippen LogP contribution is -2.36. The second kappa shape index (κ2) is 8.25. The van der Waals surface area contributed by atoms with Crippen LogP contribution in [-0.4, -0.2) is 44.1 Å². The number of alkyl carbamates (subject to hydrolysis) is 1. The van der Waals surface area contributed by atoms with Gasteiger partial charge in [0.1, 0.15) is 0 Å². The van der Waals surface area contributed by atoms with Crippen molar-refractivity contribution in [2.24, 2.45) is 0 Å². The fourth-order valence-electron chi connectivity index (χ4n) is 1.85. The summed E-state index contributed by atoms with van der Waals surface area (Å²) < 4.78 is 6.26. The molecule has 9 heteroatoms. The molecule has 0 saturated heterocycles. The predicted octanol–water partition coefficient (Wildman–Crippen LogP) is 1.89. The van der Waals surface area contributed by atoms with Gasteiger partial charge in [-0.25, -0.2) is 4.79 Å². The van der Waals surface area contributed by atoms with Crippen molar-refractivity contribution in [1.29, 1.82) is 0 Å². The first-order valence-corrected chi connectivity index (χ1v) is 7.94. The van der Waals surface area contributed by atoms with Crippen LogP contribution in [0.25, 0.3) is 11.4 Å². The van der Waals surface area contributed by atoms with E-state index >= 15 is 0 Å². The maximum atomic E-state index is 11.9. The van der Waals surface area contributed by atoms with Gasteiger partial charge in [0, 0.05) is 24.5 Å². The fraction of sp³-hybridized carbons (Fsp3) is 0.267. The first-order chi connectivity index (χ1) is 11.6. The third-order valence-corrected chi connectivity index (χ3v) is 4.11. The summed E-state index contributed by atoms with van der Waals surface area (Å²) in [7, 11) is 1.20. The molecule has 2 aromatic heterocycles. The Balaban J connectivity index is 2.21. The van der Waals surface area contributed by atoms with Gasteiger partial charge >= 0.3 is 6.09 Å². The van der Waals surface area contributed by atoms with E-state index < -0.39 is 17.3 Å². The number of rotatable bonds is 6. The zero-order valence-electron chi connectivity index (χ0n) is 13.3. The summed E-state index contributed by atoms with van der Waals surface area (Å²) in [4.78, 5) is 27.0. The average Bonchev–Trinajstić information content (AvgIpc) is 2.98. The van der Waals surface area contributed by atoms with Crippen molar-refractivity contribution < 1.29 is 14.3 Å². The van der Waals surface area contributed by atoms with E-state index in [1.54, 1.807) is 25.4 Å². The maximum absolute atomic E-state index is 11.9. The summed E-state index contributed by atoms with van der Waals surface area (Å²) in [6.45, 7) is 5.89. The third-order valence-electron chi connectivity index (χ3n) is 3.03. The lowest BCUT2D eigenvalue weighted by atomic mass is 10.2. The van der Waals surface area contributed by atoms with Crippen molar-refractivity contribution in [3.8, 4) is 11.4 Å². The minimum Gasteiger partial charge on any atom is -0.453 e. The van der Waals surface area contributed by atoms with Gasteiger partial charge in [0.05, 0.1) is 12.4 Å². The molecule has 126 valence electrons. The smallest absolute Gasteiger partial charge is 0.413 e. The first-order valence-electron chi connectivity index (χ1n) is 7.06. The number of ether oxygens (including phenoxy) is 1. The quantitative estimate of drug-likeness (QED) is 0.629. The Kier molecular flexibility index (Phi) is 6.07. The van der Waals surface area contributed by atoms with E-state index in [4.69, 9.17) is 0 Å². The number of nitrogens with zero attached hydrogens (tertiary/aromatic N) is 4. The molecule has 0 radical (unpaired) electrons. The molecule has 1 atom stereocenters. The lowest BCUT2D eigenvalue weighted by Gasteiger charge is -2.11. The van der Waals surface area contributed by atoms with Crippen LogP contribution in [0.1, 0.15) is 6.92 Å². The molecule has 8 nitrogen and oxygen atoms in total. The zero-order chi connectivity index (χ0) is 17.5. The third kappa shape index (κ3) is 4.19. The van der Waals surface area contributed by atoms with Crippen LogP contribution in [0.15, 0.2) is 42.3 Å². The number of hydrogen-bond acceptors (Lipinski definition) is 7. The molecule has 1 N–H and O–H groups in total. The van der Waals surface area contributed by atoms with Crippen molar-refractivity contribution >= 4 is 23.8 Å². The highest BCUT2D eigenvalue weighted by Crippen LogP contribution is 2.26. The standard InChI is InChI=1S/C15H17N5O3S/c1-4-9-20-12(11-5-7-16-8-6-11)18-19-14(20)24-10(2)13(21)17-15(22)23-3/h4-8,10H,1,9H2,2-3H3,(H,17,21,22)/t10-/m0/s1. The van der Waals surface area contributed by atoms with E-state index in [0.29, 0.717) is 17.5 Å². The number of pyridine rings is 1. The monoisotopic (exact) mass is 347 g/mol. The highest BCUT2D eigenvalue weighted by atomic mass is 32.2. The van der Waals surface area contributed by atoms with Gasteiger partial charge in [-0.2, -0.15) is 0 Å². The molecule has 0 bridgehead atoms. The van der Waals surface area contributed by atoms with Crippen LogP contribution in [0.3, 0.4) is 0 Å². The number of nitrogens with one attached hydrogen (secondary N) is 1. The van der Waals surface area contributed by atoms with E-state index in [9.17, 15) is 9.59 Å². The number of aromatic nitrogens is 4. The van der Waals surface area contributed by atoms with Gasteiger partial charge in [0.2, 0.25) is 5.91 Å². The molecule has 0 aliphatic rings. The van der Waals surface area contributed by atoms with Crippen molar-refractivity contribution in [1.82, 2.24) is 25.1 Å². The highest BCUT2D eigenvalue weighted by Gasteiger charge is 2.21. The van der Waals surface area contributed by atoms with E-state index in [-0.39, 0.29) is 0 Å². The zero-order valence-corrected chi connectivity index (χ0v) is 14.1. The second-order valence-electron chi connectivity index (χ2n) is 4.68. The minimum atomic E-state index is -0.794. The molecule has 0 aliphatic heterocycles. The number of imide groups is 1. The number of carbonyl (C=O) groups is 2. The molecule has 0 fully saturated rings. The number of thioether (sulfide) groups is 1. The molecule has 2 rings (SSSR count). The molecule has 0 saturated carbocycles. The number of allylic oxidation sites excluding steroid dienone is 1. The number of carbonyl (C=O) groups excluding carboxylic acids is 2. The summed E-state index contributed by atoms with van der Waals surface area (Å²) in [5, 5.41) is 10.5. The summed E-state index contributed by atoms with van der Waals surface area (Å²) in [6, 6.07) is 3.65. The summed E-state index contributed by atoms with van der Waals surface area (Å²) in [5.41, 5.74) is 0.859. The molecule has 24 heavy (non-hydrogen) atoms. The normalized spacial score (nSPS) is 11.6. The van der Waals surface area contributed by atoms with Crippen molar-refractivity contribution in [2.75, 3.05) is 7.11 Å². The first kappa shape index (κ1) is 17.7. The van der Waals surface area contributed by atoms with E-state index in [1.165, 1.54) is 18.9 Å². The van der Waals surface area contributed by atoms with Crippen molar-refractivity contribution in [3.63, 3.8) is 0 Å². The minimum absolute atomic E-state index is 0.467. The van der Waals surface area contributed by atoms with Crippen LogP contribution < -0.4 is 5.32 Å². The number of hydrogen-bond donors (Lipinski definition) is 1. The van der Waals surface area contributed by atoms with Gasteiger partial charge in [-0.1, -0.05) is 17.8 Å². The van der Waals surface area contributed by atoms with Crippen molar-refractivity contribution in [2.45, 2.75) is 23.9 Å². The lowest BCUT2D eigenvalue weighted by molar-refractivity contribution is -0.119. The van der Waals surface area contributed by atoms with Gasteiger partial charge < -0.3 is 4.74 Å². The fourth-order valence-corrected chi connectivity index (χ4v) is 2.71. The molecule has 0 aliphatic carbocycles. The topological polar surface area (TPSA) is 99.0 Å². The van der Waals surface area contributed by atoms with E-state index in [2.05, 4.69) is 31.8 Å². The molecule has 2 aromatic rings. The molecule has 0 unspecified atom stereocenters. The molecular weight excluding hydrogens is 330 g/mol. The van der Waals surface area contributed by atoms with E-state index in [1.807, 2.05) is 16.7 Å². The largest absolute Gasteiger partial charge is 0.453 e. The molecule has 0 aromatic carbocycles. The maximum Gasteiger partial charge on any atom is 0.413 e. The second-order valence-corrected chi connectivity index (χ2v) is 5.99. The Hall–Kier alpha value is -2.68. The highest BCUT2D eigenvalue weighted by molar-refractivity contribution is 8.00. The van der Waals surface area contributed by atoms with Gasteiger partial charge in [-0.3, -0.25) is 19.7 Å². The molecule has 2 amide bonds. The van der Waals surface area contributed by atoms with Crippen LogP contribution >= 0.6 is 11.8 Å². The van der Waals surface area contributed by atoms with Gasteiger partial charge in [-0.15, -0.1) is 16.8 Å². The van der Waals surface area contributed by atoms with Gasteiger partial charge in [0.15, 0.2) is 11.0 Å². The Bertz CT molecular complexity index is 732. The SMILES string of the molecule is C=CCn1c(S[C@@H](C)C(=O)NC(=O)OC)nnc1-c1ccncc1. The van der Waals surface area contributed by atoms with Crippen LogP contribution in [0.2, 0.25) is 0 Å². The summed E-state index contributed by atoms with van der Waals surface area (Å²) >= 11 is 1.19. The van der Waals surface area contributed by atoms with Crippen LogP contribution in [0.5, 0.6) is 0 Å². The number of methoxy groups -OCH3 is 1. The Morgan fingerprint density at radius 1 is 1.42 bits per heavy atom. The van der Waals surface area contributed by atoms with Crippen molar-refractivity contribution in [3.05, 3.63) is 37.2 Å². The Labute approximate surface area is 143 Å². The van der Waals surface area contributed by atoms with Crippen LogP contribution in [0, 0.1) is 0 Å². The summed E-state index contributed by atoms with van der Waals surface area (Å²) in [5.74, 6) is 0.186. The number of amides is 2. The molecule has 2 heterocycles. The van der Waals surface area contributed by atoms with Crippen LogP contribution in [-0.2, 0) is 16.1 Å². The Morgan fingerprint density at radius 2 is 2.12 bits per heavy atom. The van der Waals surface area contributed by atoms with E-state index in [0.717, 1.165) is 5.56 Å². The molecule has 0 spiro atoms. The summed E-state index contributed by atoms with van der Waals surface area (Å²) in [6.07, 6.45) is 4.26. The van der Waals surface area contributed by atoms with Gasteiger partial charge in [-0.05, 0) is 19.1 Å². The van der Waals surface area contributed by atoms with Crippen LogP contribution in [0.4, 0.5) is 4.79 Å². The Morgan fingerprint density at radius 3 is 2.75 bits per heavy atom.